The number of nitrogens with two attached hydrogens (primary N) is 1. The van der Waals surface area contributed by atoms with E-state index in [4.69, 9.17) is 21.8 Å². The number of hydrogen-bond donors (Lipinski definition) is 2. The van der Waals surface area contributed by atoms with Crippen molar-refractivity contribution in [2.75, 3.05) is 11.1 Å². The maximum Gasteiger partial charge on any atom is 0.300 e. The summed E-state index contributed by atoms with van der Waals surface area (Å²) in [6.07, 6.45) is 0. The lowest BCUT2D eigenvalue weighted by Gasteiger charge is -2.02. The fraction of sp³-hybridized carbons (Fsp3) is 0. The average molecular weight is 278 g/mol. The molecule has 0 aliphatic rings. The summed E-state index contributed by atoms with van der Waals surface area (Å²) in [6.45, 7) is 0. The minimum absolute atomic E-state index is 0.0284. The van der Waals surface area contributed by atoms with Gasteiger partial charge >= 0.3 is 0 Å². The highest BCUT2D eigenvalue weighted by Crippen LogP contribution is 2.27. The van der Waals surface area contributed by atoms with Gasteiger partial charge in [-0.3, -0.25) is 0 Å². The molecule has 3 aromatic rings. The zero-order valence-electron chi connectivity index (χ0n) is 9.65. The molecule has 0 amide bonds. The molecule has 4 nitrogen and oxygen atoms in total. The third-order valence-corrected chi connectivity index (χ3v) is 2.91. The third-order valence-electron chi connectivity index (χ3n) is 2.62. The zero-order valence-corrected chi connectivity index (χ0v) is 10.4. The van der Waals surface area contributed by atoms with E-state index >= 15 is 0 Å². The molecule has 19 heavy (non-hydrogen) atoms. The van der Waals surface area contributed by atoms with Crippen LogP contribution in [0.25, 0.3) is 11.1 Å². The van der Waals surface area contributed by atoms with Crippen LogP contribution in [0.3, 0.4) is 0 Å². The van der Waals surface area contributed by atoms with Crippen molar-refractivity contribution in [1.82, 2.24) is 4.98 Å². The van der Waals surface area contributed by atoms with Gasteiger partial charge < -0.3 is 15.5 Å². The molecule has 0 saturated carbocycles. The minimum atomic E-state index is -0.478. The van der Waals surface area contributed by atoms with Crippen molar-refractivity contribution in [3.8, 4) is 0 Å². The first-order chi connectivity index (χ1) is 9.13. The van der Waals surface area contributed by atoms with E-state index < -0.39 is 5.82 Å². The predicted molar refractivity (Wildman–Crippen MR) is 73.1 cm³/mol. The minimum Gasteiger partial charge on any atom is -0.423 e. The number of benzene rings is 2. The predicted octanol–water partition coefficient (Wildman–Crippen LogP) is 3.95. The normalized spacial score (nSPS) is 10.8. The van der Waals surface area contributed by atoms with Gasteiger partial charge in [0.05, 0.1) is 10.7 Å². The van der Waals surface area contributed by atoms with Crippen molar-refractivity contribution in [2.24, 2.45) is 0 Å². The van der Waals surface area contributed by atoms with Crippen molar-refractivity contribution >= 4 is 40.1 Å². The number of oxazole rings is 1. The van der Waals surface area contributed by atoms with E-state index in [2.05, 4.69) is 10.3 Å². The Morgan fingerprint density at radius 1 is 1.26 bits per heavy atom. The van der Waals surface area contributed by atoms with Crippen LogP contribution in [0, 0.1) is 5.82 Å². The van der Waals surface area contributed by atoms with Gasteiger partial charge in [0.1, 0.15) is 11.3 Å². The van der Waals surface area contributed by atoms with E-state index in [-0.39, 0.29) is 11.0 Å². The summed E-state index contributed by atoms with van der Waals surface area (Å²) < 4.78 is 18.5. The molecule has 6 heteroatoms. The maximum absolute atomic E-state index is 13.0. The van der Waals surface area contributed by atoms with E-state index in [1.807, 2.05) is 0 Å². The Kier molecular flexibility index (Phi) is 2.76. The first kappa shape index (κ1) is 11.8. The molecular formula is C13H9ClFN3O. The van der Waals surface area contributed by atoms with Crippen LogP contribution in [0.15, 0.2) is 40.8 Å². The Balaban J connectivity index is 1.96. The molecule has 0 atom stereocenters. The standard InChI is InChI=1S/C13H9ClFN3O/c14-8-6-7(4-5-9(8)15)17-13-18-12-10(16)2-1-3-11(12)19-13/h1-6H,16H2,(H,17,18). The summed E-state index contributed by atoms with van der Waals surface area (Å²) in [5, 5.41) is 2.93. The number of para-hydroxylation sites is 1. The van der Waals surface area contributed by atoms with E-state index in [0.717, 1.165) is 0 Å². The van der Waals surface area contributed by atoms with Gasteiger partial charge in [0.25, 0.3) is 6.01 Å². The number of fused-ring (bicyclic) bond motifs is 1. The van der Waals surface area contributed by atoms with Crippen LogP contribution in [0.5, 0.6) is 0 Å². The number of anilines is 3. The van der Waals surface area contributed by atoms with Gasteiger partial charge in [0.15, 0.2) is 5.58 Å². The summed E-state index contributed by atoms with van der Waals surface area (Å²) in [7, 11) is 0. The van der Waals surface area contributed by atoms with Gasteiger partial charge in [-0.05, 0) is 30.3 Å². The molecule has 2 aromatic carbocycles. The number of halogens is 2. The van der Waals surface area contributed by atoms with E-state index in [9.17, 15) is 4.39 Å². The Morgan fingerprint density at radius 2 is 2.11 bits per heavy atom. The van der Waals surface area contributed by atoms with Crippen molar-refractivity contribution in [3.05, 3.63) is 47.2 Å². The monoisotopic (exact) mass is 277 g/mol. The molecule has 0 aliphatic carbocycles. The lowest BCUT2D eigenvalue weighted by Crippen LogP contribution is -1.91. The van der Waals surface area contributed by atoms with Crippen LogP contribution in [0.4, 0.5) is 21.8 Å². The first-order valence-electron chi connectivity index (χ1n) is 5.50. The number of nitrogens with one attached hydrogen (secondary N) is 1. The molecule has 0 radical (unpaired) electrons. The Bertz CT molecular complexity index is 757. The van der Waals surface area contributed by atoms with Crippen molar-refractivity contribution in [2.45, 2.75) is 0 Å². The molecule has 0 saturated heterocycles. The molecule has 0 unspecified atom stereocenters. The number of nitrogen functional groups attached to an aromatic ring is 1. The number of aromatic nitrogens is 1. The highest BCUT2D eigenvalue weighted by molar-refractivity contribution is 6.31. The molecule has 1 heterocycles. The van der Waals surface area contributed by atoms with Crippen LogP contribution < -0.4 is 11.1 Å². The summed E-state index contributed by atoms with van der Waals surface area (Å²) in [5.41, 5.74) is 8.06. The highest BCUT2D eigenvalue weighted by atomic mass is 35.5. The fourth-order valence-electron chi connectivity index (χ4n) is 1.72. The van der Waals surface area contributed by atoms with E-state index in [1.54, 1.807) is 24.3 Å². The van der Waals surface area contributed by atoms with Gasteiger partial charge in [-0.1, -0.05) is 17.7 Å². The topological polar surface area (TPSA) is 64.1 Å². The van der Waals surface area contributed by atoms with Gasteiger partial charge in [0, 0.05) is 5.69 Å². The second kappa shape index (κ2) is 4.44. The van der Waals surface area contributed by atoms with Crippen molar-refractivity contribution in [3.63, 3.8) is 0 Å². The summed E-state index contributed by atoms with van der Waals surface area (Å²) >= 11 is 5.70. The van der Waals surface area contributed by atoms with Crippen LogP contribution in [-0.4, -0.2) is 4.98 Å². The SMILES string of the molecule is Nc1cccc2oc(Nc3ccc(F)c(Cl)c3)nc12. The van der Waals surface area contributed by atoms with Crippen molar-refractivity contribution < 1.29 is 8.81 Å². The number of nitrogens with zero attached hydrogens (tertiary/aromatic N) is 1. The second-order valence-electron chi connectivity index (χ2n) is 3.97. The molecule has 0 fully saturated rings. The fourth-order valence-corrected chi connectivity index (χ4v) is 1.90. The molecule has 1 aromatic heterocycles. The molecule has 96 valence electrons. The van der Waals surface area contributed by atoms with Gasteiger partial charge in [-0.15, -0.1) is 0 Å². The van der Waals surface area contributed by atoms with Gasteiger partial charge in [0.2, 0.25) is 0 Å². The zero-order chi connectivity index (χ0) is 13.4. The van der Waals surface area contributed by atoms with Crippen LogP contribution in [-0.2, 0) is 0 Å². The van der Waals surface area contributed by atoms with Gasteiger partial charge in [-0.25, -0.2) is 4.39 Å². The van der Waals surface area contributed by atoms with Crippen LogP contribution >= 0.6 is 11.6 Å². The quantitative estimate of drug-likeness (QED) is 0.696. The lowest BCUT2D eigenvalue weighted by atomic mass is 10.3. The molecule has 0 aliphatic heterocycles. The molecule has 3 N–H and O–H groups in total. The van der Waals surface area contributed by atoms with Crippen LogP contribution in [0.2, 0.25) is 5.02 Å². The first-order valence-corrected chi connectivity index (χ1v) is 5.88. The van der Waals surface area contributed by atoms with E-state index in [1.165, 1.54) is 12.1 Å². The highest BCUT2D eigenvalue weighted by Gasteiger charge is 2.09. The number of rotatable bonds is 2. The Morgan fingerprint density at radius 3 is 2.84 bits per heavy atom. The molecular weight excluding hydrogens is 269 g/mol. The third kappa shape index (κ3) is 2.20. The maximum atomic E-state index is 13.0. The molecule has 0 bridgehead atoms. The largest absolute Gasteiger partial charge is 0.423 e. The summed E-state index contributed by atoms with van der Waals surface area (Å²) in [4.78, 5) is 4.22. The molecule has 0 spiro atoms. The second-order valence-corrected chi connectivity index (χ2v) is 4.37. The average Bonchev–Trinajstić information content (AvgIpc) is 2.78. The number of hydrogen-bond acceptors (Lipinski definition) is 4. The van der Waals surface area contributed by atoms with Gasteiger partial charge in [-0.2, -0.15) is 4.98 Å². The van der Waals surface area contributed by atoms with Crippen molar-refractivity contribution in [1.29, 1.82) is 0 Å². The Labute approximate surface area is 113 Å². The smallest absolute Gasteiger partial charge is 0.300 e. The van der Waals surface area contributed by atoms with Crippen LogP contribution in [0.1, 0.15) is 0 Å². The molecule has 3 rings (SSSR count). The lowest BCUT2D eigenvalue weighted by molar-refractivity contribution is 0.621. The Hall–Kier alpha value is -2.27. The summed E-state index contributed by atoms with van der Waals surface area (Å²) in [6, 6.07) is 9.82. The van der Waals surface area contributed by atoms with E-state index in [0.29, 0.717) is 22.5 Å². The summed E-state index contributed by atoms with van der Waals surface area (Å²) in [5.74, 6) is -0.478.